The number of aromatic nitrogens is 3. The summed E-state index contributed by atoms with van der Waals surface area (Å²) in [4.78, 5) is 15.1. The van der Waals surface area contributed by atoms with Crippen molar-refractivity contribution in [3.05, 3.63) is 66.2 Å². The molecule has 0 unspecified atom stereocenters. The number of hydrogen-bond donors (Lipinski definition) is 2. The van der Waals surface area contributed by atoms with E-state index in [0.29, 0.717) is 30.2 Å². The first kappa shape index (κ1) is 17.1. The van der Waals surface area contributed by atoms with Gasteiger partial charge in [-0.2, -0.15) is 0 Å². The van der Waals surface area contributed by atoms with Crippen molar-refractivity contribution in [1.82, 2.24) is 15.0 Å². The minimum atomic E-state index is 0.357. The van der Waals surface area contributed by atoms with Crippen LogP contribution in [0.15, 0.2) is 55.1 Å². The quantitative estimate of drug-likeness (QED) is 0.547. The lowest BCUT2D eigenvalue weighted by Gasteiger charge is -2.28. The fraction of sp³-hybridized carbons (Fsp3) is 0.200. The van der Waals surface area contributed by atoms with Crippen molar-refractivity contribution < 1.29 is 4.74 Å². The van der Waals surface area contributed by atoms with Gasteiger partial charge in [0.25, 0.3) is 0 Å². The van der Waals surface area contributed by atoms with E-state index < -0.39 is 0 Å². The Labute approximate surface area is 157 Å². The molecule has 4 rings (SSSR count). The third-order valence-corrected chi connectivity index (χ3v) is 4.55. The first-order chi connectivity index (χ1) is 13.2. The number of rotatable bonds is 4. The van der Waals surface area contributed by atoms with Gasteiger partial charge in [-0.3, -0.25) is 15.4 Å². The third-order valence-electron chi connectivity index (χ3n) is 4.55. The van der Waals surface area contributed by atoms with Gasteiger partial charge in [0.2, 0.25) is 0 Å². The Bertz CT molecular complexity index is 954. The van der Waals surface area contributed by atoms with Crippen LogP contribution in [0.5, 0.6) is 0 Å². The van der Waals surface area contributed by atoms with Crippen LogP contribution in [0.25, 0.3) is 11.3 Å². The Kier molecular flexibility index (Phi) is 4.76. The summed E-state index contributed by atoms with van der Waals surface area (Å²) in [5, 5.41) is 8.69. The van der Waals surface area contributed by atoms with Crippen LogP contribution in [0.4, 0.5) is 11.5 Å². The molecule has 0 spiro atoms. The predicted molar refractivity (Wildman–Crippen MR) is 105 cm³/mol. The largest absolute Gasteiger partial charge is 0.398 e. The van der Waals surface area contributed by atoms with Gasteiger partial charge >= 0.3 is 0 Å². The fourth-order valence-corrected chi connectivity index (χ4v) is 3.08. The van der Waals surface area contributed by atoms with E-state index in [-0.39, 0.29) is 0 Å². The van der Waals surface area contributed by atoms with Gasteiger partial charge < -0.3 is 15.4 Å². The molecular weight excluding hydrogens is 340 g/mol. The molecule has 1 saturated heterocycles. The molecule has 1 fully saturated rings. The van der Waals surface area contributed by atoms with E-state index in [1.807, 2.05) is 24.3 Å². The average Bonchev–Trinajstić information content (AvgIpc) is 2.75. The second-order valence-corrected chi connectivity index (χ2v) is 6.27. The van der Waals surface area contributed by atoms with Crippen molar-refractivity contribution in [3.63, 3.8) is 0 Å². The molecule has 27 heavy (non-hydrogen) atoms. The van der Waals surface area contributed by atoms with Crippen LogP contribution in [-0.4, -0.2) is 47.0 Å². The maximum atomic E-state index is 8.69. The van der Waals surface area contributed by atoms with Crippen LogP contribution in [0.2, 0.25) is 0 Å². The van der Waals surface area contributed by atoms with Crippen LogP contribution < -0.4 is 10.6 Å². The lowest BCUT2D eigenvalue weighted by molar-refractivity contribution is 0.122. The fourth-order valence-electron chi connectivity index (χ4n) is 3.08. The van der Waals surface area contributed by atoms with E-state index in [4.69, 9.17) is 15.9 Å². The molecule has 1 aliphatic rings. The number of nitrogens with two attached hydrogens (primary N) is 1. The zero-order valence-corrected chi connectivity index (χ0v) is 14.8. The van der Waals surface area contributed by atoms with Crippen molar-refractivity contribution in [1.29, 1.82) is 5.41 Å². The third kappa shape index (κ3) is 3.63. The normalized spacial score (nSPS) is 14.1. The van der Waals surface area contributed by atoms with E-state index in [0.717, 1.165) is 35.7 Å². The van der Waals surface area contributed by atoms with Crippen molar-refractivity contribution in [2.75, 3.05) is 36.9 Å². The standard InChI is InChI=1S/C20H20N6O/c21-17-2-1-14(18-13-23-5-6-24-18)11-16(17)20(22)15-3-4-25-19(12-15)26-7-9-27-10-8-26/h1-6,11-13,22H,7-10,21H2. The summed E-state index contributed by atoms with van der Waals surface area (Å²) < 4.78 is 5.40. The van der Waals surface area contributed by atoms with E-state index >= 15 is 0 Å². The van der Waals surface area contributed by atoms with Crippen molar-refractivity contribution in [2.45, 2.75) is 0 Å². The lowest BCUT2D eigenvalue weighted by Crippen LogP contribution is -2.36. The van der Waals surface area contributed by atoms with Crippen LogP contribution in [-0.2, 0) is 4.74 Å². The number of pyridine rings is 1. The molecule has 3 heterocycles. The van der Waals surface area contributed by atoms with Crippen LogP contribution in [0, 0.1) is 5.41 Å². The average molecular weight is 360 g/mol. The highest BCUT2D eigenvalue weighted by atomic mass is 16.5. The van der Waals surface area contributed by atoms with Crippen molar-refractivity contribution >= 4 is 17.2 Å². The van der Waals surface area contributed by atoms with Gasteiger partial charge in [0.1, 0.15) is 5.82 Å². The number of nitrogens with one attached hydrogen (secondary N) is 1. The van der Waals surface area contributed by atoms with Gasteiger partial charge in [-0.15, -0.1) is 0 Å². The van der Waals surface area contributed by atoms with Gasteiger partial charge in [0.15, 0.2) is 0 Å². The summed E-state index contributed by atoms with van der Waals surface area (Å²) in [7, 11) is 0. The molecule has 136 valence electrons. The second-order valence-electron chi connectivity index (χ2n) is 6.27. The summed E-state index contributed by atoms with van der Waals surface area (Å²) in [6.45, 7) is 2.98. The summed E-state index contributed by atoms with van der Waals surface area (Å²) in [6, 6.07) is 9.35. The molecule has 7 nitrogen and oxygen atoms in total. The smallest absolute Gasteiger partial charge is 0.129 e. The van der Waals surface area contributed by atoms with Gasteiger partial charge in [-0.05, 0) is 24.3 Å². The number of anilines is 2. The predicted octanol–water partition coefficient (Wildman–Crippen LogP) is 2.37. The molecule has 3 aromatic rings. The molecular formula is C20H20N6O. The molecule has 0 aliphatic carbocycles. The lowest BCUT2D eigenvalue weighted by atomic mass is 9.98. The first-order valence-electron chi connectivity index (χ1n) is 8.76. The molecule has 3 N–H and O–H groups in total. The molecule has 0 saturated carbocycles. The minimum absolute atomic E-state index is 0.357. The Hall–Kier alpha value is -3.32. The summed E-state index contributed by atoms with van der Waals surface area (Å²) in [6.07, 6.45) is 6.71. The van der Waals surface area contributed by atoms with Gasteiger partial charge in [0, 0.05) is 54.1 Å². The molecule has 1 aromatic carbocycles. The van der Waals surface area contributed by atoms with E-state index in [9.17, 15) is 0 Å². The highest BCUT2D eigenvalue weighted by molar-refractivity contribution is 6.14. The van der Waals surface area contributed by atoms with Gasteiger partial charge in [-0.25, -0.2) is 4.98 Å². The van der Waals surface area contributed by atoms with E-state index in [1.165, 1.54) is 0 Å². The summed E-state index contributed by atoms with van der Waals surface area (Å²) >= 11 is 0. The molecule has 0 bridgehead atoms. The van der Waals surface area contributed by atoms with E-state index in [2.05, 4.69) is 19.9 Å². The minimum Gasteiger partial charge on any atom is -0.398 e. The van der Waals surface area contributed by atoms with Gasteiger partial charge in [-0.1, -0.05) is 6.07 Å². The Morgan fingerprint density at radius 3 is 2.67 bits per heavy atom. The molecule has 1 aliphatic heterocycles. The maximum Gasteiger partial charge on any atom is 0.129 e. The summed E-state index contributed by atoms with van der Waals surface area (Å²) in [5.41, 5.74) is 10.1. The highest BCUT2D eigenvalue weighted by Gasteiger charge is 2.16. The molecule has 7 heteroatoms. The number of hydrogen-bond acceptors (Lipinski definition) is 7. The SMILES string of the molecule is N=C(c1ccnc(N2CCOCC2)c1)c1cc(-c2cnccn2)ccc1N. The Morgan fingerprint density at radius 2 is 1.89 bits per heavy atom. The first-order valence-corrected chi connectivity index (χ1v) is 8.76. The number of ether oxygens (including phenoxy) is 1. The number of nitrogen functional groups attached to an aromatic ring is 1. The Morgan fingerprint density at radius 1 is 1.04 bits per heavy atom. The zero-order valence-electron chi connectivity index (χ0n) is 14.8. The number of benzene rings is 1. The van der Waals surface area contributed by atoms with Crippen LogP contribution >= 0.6 is 0 Å². The topological polar surface area (TPSA) is 101 Å². The highest BCUT2D eigenvalue weighted by Crippen LogP contribution is 2.25. The number of morpholine rings is 1. The maximum absolute atomic E-state index is 8.69. The summed E-state index contributed by atoms with van der Waals surface area (Å²) in [5.74, 6) is 0.851. The number of nitrogens with zero attached hydrogens (tertiary/aromatic N) is 4. The van der Waals surface area contributed by atoms with Crippen molar-refractivity contribution in [3.8, 4) is 11.3 Å². The molecule has 0 atom stereocenters. The Balaban J connectivity index is 1.66. The molecule has 0 amide bonds. The molecule has 0 radical (unpaired) electrons. The monoisotopic (exact) mass is 360 g/mol. The zero-order chi connectivity index (χ0) is 18.6. The van der Waals surface area contributed by atoms with Crippen LogP contribution in [0.1, 0.15) is 11.1 Å². The van der Waals surface area contributed by atoms with E-state index in [1.54, 1.807) is 30.9 Å². The van der Waals surface area contributed by atoms with Crippen LogP contribution in [0.3, 0.4) is 0 Å². The second kappa shape index (κ2) is 7.51. The van der Waals surface area contributed by atoms with Crippen molar-refractivity contribution in [2.24, 2.45) is 0 Å². The molecule has 2 aromatic heterocycles. The van der Waals surface area contributed by atoms with Gasteiger partial charge in [0.05, 0.1) is 30.8 Å².